The first kappa shape index (κ1) is 28.3. The number of nitriles is 1. The minimum atomic E-state index is -0.537. The van der Waals surface area contributed by atoms with E-state index < -0.39 is 11.9 Å². The van der Waals surface area contributed by atoms with Crippen LogP contribution in [0.2, 0.25) is 0 Å². The molecule has 1 atom stereocenters. The molecule has 1 aliphatic rings. The van der Waals surface area contributed by atoms with E-state index in [9.17, 15) is 10.1 Å². The molecule has 1 aliphatic heterocycles. The Kier molecular flexibility index (Phi) is 9.84. The van der Waals surface area contributed by atoms with Crippen LogP contribution in [0.5, 0.6) is 23.0 Å². The molecule has 206 valence electrons. The quantitative estimate of drug-likeness (QED) is 0.116. The van der Waals surface area contributed by atoms with Gasteiger partial charge in [-0.25, -0.2) is 4.79 Å². The lowest BCUT2D eigenvalue weighted by molar-refractivity contribution is -0.128. The van der Waals surface area contributed by atoms with Crippen molar-refractivity contribution < 1.29 is 23.7 Å². The number of hydrogen-bond donors (Lipinski definition) is 1. The standard InChI is InChI=1S/C33H34N2O5/c1-3-4-5-6-7-20-38-26-15-11-24(12-16-26)32-28-18-17-27(21-30(28)40-33(35)29(32)22-34)39-31(36)19-10-23-8-13-25(37-2)14-9-23/h8-19,21,32H,3-7,20,35H2,1-2H3/b19-10+. The average Bonchev–Trinajstić information content (AvgIpc) is 2.97. The van der Waals surface area contributed by atoms with Crippen LogP contribution in [0.25, 0.3) is 6.08 Å². The molecule has 0 aromatic heterocycles. The number of carbonyl (C=O) groups excluding carboxylic acids is 1. The second-order valence-corrected chi connectivity index (χ2v) is 9.48. The fourth-order valence-corrected chi connectivity index (χ4v) is 4.52. The van der Waals surface area contributed by atoms with Crippen LogP contribution in [0.15, 0.2) is 84.3 Å². The Morgan fingerprint density at radius 3 is 2.38 bits per heavy atom. The third-order valence-corrected chi connectivity index (χ3v) is 6.67. The van der Waals surface area contributed by atoms with E-state index >= 15 is 0 Å². The van der Waals surface area contributed by atoms with Gasteiger partial charge in [-0.2, -0.15) is 5.26 Å². The molecular weight excluding hydrogens is 504 g/mol. The van der Waals surface area contributed by atoms with Gasteiger partial charge in [0.1, 0.15) is 34.6 Å². The minimum Gasteiger partial charge on any atom is -0.497 e. The normalized spacial score (nSPS) is 14.3. The van der Waals surface area contributed by atoms with Gasteiger partial charge in [-0.1, -0.05) is 62.9 Å². The Hall–Kier alpha value is -4.70. The Morgan fingerprint density at radius 1 is 0.975 bits per heavy atom. The lowest BCUT2D eigenvalue weighted by Crippen LogP contribution is -2.21. The third-order valence-electron chi connectivity index (χ3n) is 6.67. The highest BCUT2D eigenvalue weighted by atomic mass is 16.5. The first-order valence-corrected chi connectivity index (χ1v) is 13.5. The maximum absolute atomic E-state index is 12.4. The number of benzene rings is 3. The maximum Gasteiger partial charge on any atom is 0.336 e. The highest BCUT2D eigenvalue weighted by molar-refractivity contribution is 5.88. The fraction of sp³-hybridized carbons (Fsp3) is 0.273. The number of fused-ring (bicyclic) bond motifs is 1. The van der Waals surface area contributed by atoms with Gasteiger partial charge < -0.3 is 24.7 Å². The highest BCUT2D eigenvalue weighted by Crippen LogP contribution is 2.43. The molecule has 3 aromatic carbocycles. The van der Waals surface area contributed by atoms with Crippen molar-refractivity contribution in [2.45, 2.75) is 44.9 Å². The van der Waals surface area contributed by atoms with E-state index in [1.165, 1.54) is 25.3 Å². The predicted octanol–water partition coefficient (Wildman–Crippen LogP) is 6.88. The van der Waals surface area contributed by atoms with E-state index in [4.69, 9.17) is 24.7 Å². The van der Waals surface area contributed by atoms with Gasteiger partial charge in [-0.05, 0) is 54.0 Å². The molecule has 0 spiro atoms. The van der Waals surface area contributed by atoms with Crippen LogP contribution in [0, 0.1) is 11.3 Å². The molecule has 3 aromatic rings. The minimum absolute atomic E-state index is 0.0234. The molecule has 1 heterocycles. The zero-order valence-electron chi connectivity index (χ0n) is 22.9. The summed E-state index contributed by atoms with van der Waals surface area (Å²) in [5, 5.41) is 9.86. The number of carbonyl (C=O) groups is 1. The summed E-state index contributed by atoms with van der Waals surface area (Å²) < 4.78 is 22.3. The summed E-state index contributed by atoms with van der Waals surface area (Å²) in [5.74, 6) is 1.32. The summed E-state index contributed by atoms with van der Waals surface area (Å²) in [6.45, 7) is 2.88. The molecule has 4 rings (SSSR count). The molecule has 0 saturated heterocycles. The van der Waals surface area contributed by atoms with E-state index in [1.54, 1.807) is 31.4 Å². The molecule has 0 amide bonds. The van der Waals surface area contributed by atoms with E-state index in [1.807, 2.05) is 48.5 Å². The number of esters is 1. The van der Waals surface area contributed by atoms with Crippen molar-refractivity contribution >= 4 is 12.0 Å². The van der Waals surface area contributed by atoms with Crippen LogP contribution in [-0.2, 0) is 4.79 Å². The maximum atomic E-state index is 12.4. The molecule has 7 heteroatoms. The lowest BCUT2D eigenvalue weighted by atomic mass is 9.83. The molecule has 0 fully saturated rings. The summed E-state index contributed by atoms with van der Waals surface area (Å²) in [5.41, 5.74) is 8.94. The largest absolute Gasteiger partial charge is 0.497 e. The van der Waals surface area contributed by atoms with Crippen LogP contribution in [0.4, 0.5) is 0 Å². The Morgan fingerprint density at radius 2 is 1.68 bits per heavy atom. The lowest BCUT2D eigenvalue weighted by Gasteiger charge is -2.26. The van der Waals surface area contributed by atoms with Gasteiger partial charge in [0.15, 0.2) is 0 Å². The van der Waals surface area contributed by atoms with Gasteiger partial charge >= 0.3 is 5.97 Å². The van der Waals surface area contributed by atoms with E-state index in [2.05, 4.69) is 13.0 Å². The number of nitrogens with zero attached hydrogens (tertiary/aromatic N) is 1. The number of unbranched alkanes of at least 4 members (excludes halogenated alkanes) is 4. The fourth-order valence-electron chi connectivity index (χ4n) is 4.52. The number of ether oxygens (including phenoxy) is 4. The SMILES string of the molecule is CCCCCCCOc1ccc(C2C(C#N)=C(N)Oc3cc(OC(=O)/C=C/c4ccc(OC)cc4)ccc32)cc1. The Bertz CT molecular complexity index is 1400. The van der Waals surface area contributed by atoms with Gasteiger partial charge in [0.05, 0.1) is 19.6 Å². The Labute approximate surface area is 235 Å². The van der Waals surface area contributed by atoms with Crippen molar-refractivity contribution in [1.82, 2.24) is 0 Å². The average molecular weight is 539 g/mol. The number of rotatable bonds is 12. The van der Waals surface area contributed by atoms with E-state index in [-0.39, 0.29) is 5.88 Å². The van der Waals surface area contributed by atoms with Gasteiger partial charge in [-0.15, -0.1) is 0 Å². The molecule has 40 heavy (non-hydrogen) atoms. The molecule has 0 bridgehead atoms. The topological polar surface area (TPSA) is 104 Å². The molecule has 0 saturated carbocycles. The van der Waals surface area contributed by atoms with E-state index in [0.717, 1.165) is 41.0 Å². The van der Waals surface area contributed by atoms with Gasteiger partial charge in [0.2, 0.25) is 5.88 Å². The van der Waals surface area contributed by atoms with E-state index in [0.29, 0.717) is 23.7 Å². The molecule has 0 aliphatic carbocycles. The second kappa shape index (κ2) is 13.9. The molecule has 7 nitrogen and oxygen atoms in total. The van der Waals surface area contributed by atoms with Crippen molar-refractivity contribution in [2.75, 3.05) is 13.7 Å². The zero-order valence-corrected chi connectivity index (χ0v) is 22.9. The Balaban J connectivity index is 1.45. The molecule has 1 unspecified atom stereocenters. The van der Waals surface area contributed by atoms with Crippen LogP contribution < -0.4 is 24.7 Å². The third kappa shape index (κ3) is 7.23. The monoisotopic (exact) mass is 538 g/mol. The molecular formula is C33H34N2O5. The summed E-state index contributed by atoms with van der Waals surface area (Å²) >= 11 is 0. The smallest absolute Gasteiger partial charge is 0.336 e. The van der Waals surface area contributed by atoms with Crippen molar-refractivity contribution in [3.05, 3.63) is 101 Å². The number of methoxy groups -OCH3 is 1. The van der Waals surface area contributed by atoms with Crippen molar-refractivity contribution in [1.29, 1.82) is 5.26 Å². The van der Waals surface area contributed by atoms with Crippen molar-refractivity contribution in [3.8, 4) is 29.1 Å². The first-order chi connectivity index (χ1) is 19.5. The van der Waals surface area contributed by atoms with Crippen LogP contribution in [0.3, 0.4) is 0 Å². The van der Waals surface area contributed by atoms with Crippen molar-refractivity contribution in [3.63, 3.8) is 0 Å². The van der Waals surface area contributed by atoms with Crippen molar-refractivity contribution in [2.24, 2.45) is 5.73 Å². The van der Waals surface area contributed by atoms with Gasteiger partial charge in [0.25, 0.3) is 0 Å². The van der Waals surface area contributed by atoms with Crippen LogP contribution in [-0.4, -0.2) is 19.7 Å². The number of hydrogen-bond acceptors (Lipinski definition) is 7. The summed E-state index contributed by atoms with van der Waals surface area (Å²) in [6.07, 6.45) is 8.90. The molecule has 0 radical (unpaired) electrons. The summed E-state index contributed by atoms with van der Waals surface area (Å²) in [6, 6.07) is 22.3. The number of nitrogens with two attached hydrogens (primary N) is 1. The molecule has 2 N–H and O–H groups in total. The predicted molar refractivity (Wildman–Crippen MR) is 154 cm³/mol. The summed E-state index contributed by atoms with van der Waals surface area (Å²) in [4.78, 5) is 12.4. The summed E-state index contributed by atoms with van der Waals surface area (Å²) in [7, 11) is 1.60. The van der Waals surface area contributed by atoms with Crippen LogP contribution >= 0.6 is 0 Å². The van der Waals surface area contributed by atoms with Gasteiger partial charge in [-0.3, -0.25) is 0 Å². The number of allylic oxidation sites excluding steroid dienone is 1. The van der Waals surface area contributed by atoms with Crippen LogP contribution in [0.1, 0.15) is 61.6 Å². The highest BCUT2D eigenvalue weighted by Gasteiger charge is 2.31. The van der Waals surface area contributed by atoms with Gasteiger partial charge in [0, 0.05) is 17.7 Å². The first-order valence-electron chi connectivity index (χ1n) is 13.5. The zero-order chi connectivity index (χ0) is 28.3. The second-order valence-electron chi connectivity index (χ2n) is 9.48.